The Hall–Kier alpha value is -0.790. The Morgan fingerprint density at radius 2 is 2.39 bits per heavy atom. The molecule has 2 unspecified atom stereocenters. The molecule has 1 saturated heterocycles. The summed E-state index contributed by atoms with van der Waals surface area (Å²) in [6.07, 6.45) is 0.716. The van der Waals surface area contributed by atoms with Gasteiger partial charge in [0.15, 0.2) is 5.82 Å². The maximum Gasteiger partial charge on any atom is 0.242 e. The number of nitrogens with one attached hydrogen (secondary N) is 2. The normalized spacial score (nSPS) is 22.4. The van der Waals surface area contributed by atoms with Gasteiger partial charge in [-0.1, -0.05) is 0 Å². The summed E-state index contributed by atoms with van der Waals surface area (Å²) in [7, 11) is 0. The molecule has 0 spiro atoms. The van der Waals surface area contributed by atoms with Crippen molar-refractivity contribution in [3.8, 4) is 0 Å². The van der Waals surface area contributed by atoms with Crippen LogP contribution in [0.1, 0.15) is 12.1 Å². The zero-order chi connectivity index (χ0) is 12.4. The summed E-state index contributed by atoms with van der Waals surface area (Å²) >= 11 is 3.23. The van der Waals surface area contributed by atoms with Crippen molar-refractivity contribution in [3.63, 3.8) is 0 Å². The van der Waals surface area contributed by atoms with Crippen molar-refractivity contribution in [2.75, 3.05) is 11.9 Å². The Balaban J connectivity index is 0.00000162. The Labute approximate surface area is 119 Å². The van der Waals surface area contributed by atoms with Gasteiger partial charge >= 0.3 is 0 Å². The van der Waals surface area contributed by atoms with E-state index in [2.05, 4.69) is 36.5 Å². The third kappa shape index (κ3) is 3.60. The highest BCUT2D eigenvalue weighted by Gasteiger charge is 2.29. The summed E-state index contributed by atoms with van der Waals surface area (Å²) in [6, 6.07) is -0.494. The molecular formula is C10H13BrClFN4O. The average Bonchev–Trinajstić information content (AvgIpc) is 2.70. The number of amides is 1. The predicted octanol–water partition coefficient (Wildman–Crippen LogP) is 1.61. The molecule has 1 amide bonds. The molecule has 1 aliphatic heterocycles. The SMILES string of the molecule is Cc1ncc(NC(=O)C2CC(F)CN2)nc1Br.Cl. The summed E-state index contributed by atoms with van der Waals surface area (Å²) in [6.45, 7) is 2.02. The van der Waals surface area contributed by atoms with Crippen molar-refractivity contribution >= 4 is 40.1 Å². The van der Waals surface area contributed by atoms with E-state index >= 15 is 0 Å². The van der Waals surface area contributed by atoms with E-state index < -0.39 is 12.2 Å². The van der Waals surface area contributed by atoms with Crippen LogP contribution in [-0.4, -0.2) is 34.6 Å². The maximum absolute atomic E-state index is 12.9. The van der Waals surface area contributed by atoms with E-state index in [1.165, 1.54) is 6.20 Å². The van der Waals surface area contributed by atoms with Crippen LogP contribution in [0.5, 0.6) is 0 Å². The quantitative estimate of drug-likeness (QED) is 0.859. The minimum atomic E-state index is -0.957. The minimum absolute atomic E-state index is 0. The molecule has 0 bridgehead atoms. The number of hydrogen-bond acceptors (Lipinski definition) is 4. The molecule has 1 aromatic heterocycles. The number of alkyl halides is 1. The Morgan fingerprint density at radius 3 is 2.94 bits per heavy atom. The highest BCUT2D eigenvalue weighted by Crippen LogP contribution is 2.15. The second kappa shape index (κ2) is 6.40. The van der Waals surface area contributed by atoms with Crippen molar-refractivity contribution in [3.05, 3.63) is 16.5 Å². The number of halogens is 3. The second-order valence-electron chi connectivity index (χ2n) is 3.91. The lowest BCUT2D eigenvalue weighted by atomic mass is 10.2. The van der Waals surface area contributed by atoms with Gasteiger partial charge in [-0.05, 0) is 22.9 Å². The topological polar surface area (TPSA) is 66.9 Å². The summed E-state index contributed by atoms with van der Waals surface area (Å²) in [5.74, 6) is 0.0757. The van der Waals surface area contributed by atoms with Gasteiger partial charge in [0.05, 0.1) is 17.9 Å². The molecule has 0 aliphatic carbocycles. The first kappa shape index (κ1) is 15.3. The van der Waals surface area contributed by atoms with Crippen LogP contribution < -0.4 is 10.6 Å². The molecule has 5 nitrogen and oxygen atoms in total. The molecule has 18 heavy (non-hydrogen) atoms. The van der Waals surface area contributed by atoms with Crippen molar-refractivity contribution in [2.45, 2.75) is 25.6 Å². The van der Waals surface area contributed by atoms with E-state index in [1.807, 2.05) is 0 Å². The van der Waals surface area contributed by atoms with Crippen LogP contribution in [0, 0.1) is 6.92 Å². The van der Waals surface area contributed by atoms with Crippen LogP contribution in [0.15, 0.2) is 10.8 Å². The first-order valence-corrected chi connectivity index (χ1v) is 6.03. The van der Waals surface area contributed by atoms with E-state index in [4.69, 9.17) is 0 Å². The summed E-state index contributed by atoms with van der Waals surface area (Å²) in [5.41, 5.74) is 0.741. The van der Waals surface area contributed by atoms with Gasteiger partial charge in [0.25, 0.3) is 0 Å². The fourth-order valence-corrected chi connectivity index (χ4v) is 1.89. The molecule has 1 fully saturated rings. The summed E-state index contributed by atoms with van der Waals surface area (Å²) in [5, 5.41) is 5.41. The van der Waals surface area contributed by atoms with E-state index in [0.29, 0.717) is 10.4 Å². The van der Waals surface area contributed by atoms with Gasteiger partial charge in [0.1, 0.15) is 10.8 Å². The van der Waals surface area contributed by atoms with E-state index in [9.17, 15) is 9.18 Å². The molecule has 2 rings (SSSR count). The number of hydrogen-bond donors (Lipinski definition) is 2. The molecule has 0 saturated carbocycles. The Kier molecular flexibility index (Phi) is 5.43. The smallest absolute Gasteiger partial charge is 0.242 e. The van der Waals surface area contributed by atoms with Gasteiger partial charge in [-0.3, -0.25) is 9.78 Å². The molecule has 0 radical (unpaired) electrons. The zero-order valence-corrected chi connectivity index (χ0v) is 12.0. The first-order valence-electron chi connectivity index (χ1n) is 5.23. The van der Waals surface area contributed by atoms with Crippen LogP contribution in [0.2, 0.25) is 0 Å². The van der Waals surface area contributed by atoms with Crippen LogP contribution >= 0.6 is 28.3 Å². The van der Waals surface area contributed by atoms with Crippen LogP contribution in [0.4, 0.5) is 10.2 Å². The third-order valence-electron chi connectivity index (χ3n) is 2.54. The highest BCUT2D eigenvalue weighted by atomic mass is 79.9. The first-order chi connectivity index (χ1) is 8.06. The van der Waals surface area contributed by atoms with E-state index in [0.717, 1.165) is 5.69 Å². The molecule has 8 heteroatoms. The molecular weight excluding hydrogens is 326 g/mol. The fourth-order valence-electron chi connectivity index (χ4n) is 1.59. The van der Waals surface area contributed by atoms with Crippen LogP contribution in [0.3, 0.4) is 0 Å². The fraction of sp³-hybridized carbons (Fsp3) is 0.500. The van der Waals surface area contributed by atoms with Gasteiger partial charge in [-0.25, -0.2) is 9.37 Å². The van der Waals surface area contributed by atoms with Crippen LogP contribution in [0.25, 0.3) is 0 Å². The van der Waals surface area contributed by atoms with Gasteiger partial charge in [0.2, 0.25) is 5.91 Å². The molecule has 1 aromatic rings. The third-order valence-corrected chi connectivity index (χ3v) is 3.29. The number of anilines is 1. The zero-order valence-electron chi connectivity index (χ0n) is 9.61. The molecule has 2 N–H and O–H groups in total. The number of nitrogens with zero attached hydrogens (tertiary/aromatic N) is 2. The summed E-state index contributed by atoms with van der Waals surface area (Å²) in [4.78, 5) is 19.9. The lowest BCUT2D eigenvalue weighted by Crippen LogP contribution is -2.35. The molecule has 2 atom stereocenters. The molecule has 1 aliphatic rings. The van der Waals surface area contributed by atoms with Gasteiger partial charge < -0.3 is 10.6 Å². The Morgan fingerprint density at radius 1 is 1.67 bits per heavy atom. The van der Waals surface area contributed by atoms with E-state index in [1.54, 1.807) is 6.92 Å². The van der Waals surface area contributed by atoms with Gasteiger partial charge in [-0.2, -0.15) is 0 Å². The number of carbonyl (C=O) groups excluding carboxylic acids is 1. The monoisotopic (exact) mass is 338 g/mol. The minimum Gasteiger partial charge on any atom is -0.308 e. The molecule has 2 heterocycles. The number of aryl methyl sites for hydroxylation is 1. The lowest BCUT2D eigenvalue weighted by Gasteiger charge is -2.10. The highest BCUT2D eigenvalue weighted by molar-refractivity contribution is 9.10. The molecule has 0 aromatic carbocycles. The number of aromatic nitrogens is 2. The average molecular weight is 340 g/mol. The standard InChI is InChI=1S/C10H12BrFN4O.ClH/c1-5-9(11)15-8(4-13-5)16-10(17)7-2-6(12)3-14-7;/h4,6-7,14H,2-3H2,1H3,(H,15,16,17);1H. The maximum atomic E-state index is 12.9. The summed E-state index contributed by atoms with van der Waals surface area (Å²) < 4.78 is 13.5. The predicted molar refractivity (Wildman–Crippen MR) is 71.7 cm³/mol. The van der Waals surface area contributed by atoms with Crippen LogP contribution in [-0.2, 0) is 4.79 Å². The van der Waals surface area contributed by atoms with E-state index in [-0.39, 0.29) is 31.3 Å². The Bertz CT molecular complexity index is 448. The number of carbonyl (C=O) groups is 1. The van der Waals surface area contributed by atoms with Crippen molar-refractivity contribution in [1.29, 1.82) is 0 Å². The number of rotatable bonds is 2. The van der Waals surface area contributed by atoms with Crippen molar-refractivity contribution < 1.29 is 9.18 Å². The van der Waals surface area contributed by atoms with Gasteiger partial charge in [-0.15, -0.1) is 12.4 Å². The van der Waals surface area contributed by atoms with Crippen molar-refractivity contribution in [2.24, 2.45) is 0 Å². The van der Waals surface area contributed by atoms with Gasteiger partial charge in [0, 0.05) is 13.0 Å². The second-order valence-corrected chi connectivity index (χ2v) is 4.67. The molecule has 100 valence electrons. The largest absolute Gasteiger partial charge is 0.308 e. The van der Waals surface area contributed by atoms with Crippen molar-refractivity contribution in [1.82, 2.24) is 15.3 Å². The lowest BCUT2D eigenvalue weighted by molar-refractivity contribution is -0.117.